The second kappa shape index (κ2) is 7.54. The van der Waals surface area contributed by atoms with Crippen molar-refractivity contribution in [1.29, 1.82) is 0 Å². The van der Waals surface area contributed by atoms with Crippen LogP contribution < -0.4 is 0 Å². The van der Waals surface area contributed by atoms with Gasteiger partial charge in [-0.15, -0.1) is 0 Å². The number of carbonyl (C=O) groups is 3. The third kappa shape index (κ3) is 5.79. The molecule has 0 fully saturated rings. The maximum Gasteiger partial charge on any atom is 0.315 e. The number of methoxy groups -OCH3 is 1. The quantitative estimate of drug-likeness (QED) is 0.404. The molecule has 0 rings (SSSR count). The van der Waals surface area contributed by atoms with Crippen molar-refractivity contribution in [2.24, 2.45) is 10.9 Å². The van der Waals surface area contributed by atoms with Gasteiger partial charge in [0.1, 0.15) is 6.42 Å². The van der Waals surface area contributed by atoms with Crippen molar-refractivity contribution in [2.45, 2.75) is 27.2 Å². The van der Waals surface area contributed by atoms with Crippen molar-refractivity contribution in [3.8, 4) is 0 Å². The van der Waals surface area contributed by atoms with Crippen LogP contribution in [0.4, 0.5) is 0 Å². The van der Waals surface area contributed by atoms with E-state index in [-0.39, 0.29) is 6.61 Å². The maximum absolute atomic E-state index is 11.3. The summed E-state index contributed by atoms with van der Waals surface area (Å²) in [6.07, 6.45) is -0.427. The summed E-state index contributed by atoms with van der Waals surface area (Å²) in [5, 5.41) is 0. The molecule has 96 valence electrons. The molecule has 0 saturated heterocycles. The number of nitrogens with zero attached hydrogens (tertiary/aromatic N) is 1. The molecular weight excluding hydrogens is 226 g/mol. The number of ether oxygens (including phenoxy) is 2. The second-order valence-corrected chi connectivity index (χ2v) is 3.37. The van der Waals surface area contributed by atoms with Crippen LogP contribution in [0.2, 0.25) is 0 Å². The number of hydrogen-bond acceptors (Lipinski definition) is 5. The normalized spacial score (nSPS) is 12.8. The van der Waals surface area contributed by atoms with Crippen LogP contribution in [-0.2, 0) is 23.9 Å². The van der Waals surface area contributed by atoms with Gasteiger partial charge in [0.05, 0.1) is 19.6 Å². The number of amides is 1. The average Bonchev–Trinajstić information content (AvgIpc) is 2.27. The molecule has 0 aliphatic rings. The number of carbonyl (C=O) groups excluding carboxylic acids is 3. The molecule has 0 saturated carbocycles. The summed E-state index contributed by atoms with van der Waals surface area (Å²) in [7, 11) is 1.19. The molecule has 0 aromatic carbocycles. The van der Waals surface area contributed by atoms with E-state index in [2.05, 4.69) is 9.73 Å². The molecule has 0 bridgehead atoms. The molecule has 0 aromatic heterocycles. The van der Waals surface area contributed by atoms with E-state index in [0.29, 0.717) is 5.71 Å². The molecule has 1 amide bonds. The van der Waals surface area contributed by atoms with Crippen LogP contribution in [0.5, 0.6) is 0 Å². The Kier molecular flexibility index (Phi) is 6.77. The van der Waals surface area contributed by atoms with Gasteiger partial charge in [-0.3, -0.25) is 14.4 Å². The SMILES string of the molecule is CCOC(=O)C(C)C(C)=NC(=O)CC(=O)OC. The zero-order valence-corrected chi connectivity index (χ0v) is 10.5. The van der Waals surface area contributed by atoms with Gasteiger partial charge in [0.25, 0.3) is 5.91 Å². The fraction of sp³-hybridized carbons (Fsp3) is 0.636. The molecule has 1 atom stereocenters. The molecule has 1 unspecified atom stereocenters. The van der Waals surface area contributed by atoms with Crippen LogP contribution in [0.3, 0.4) is 0 Å². The fourth-order valence-electron chi connectivity index (χ4n) is 0.967. The topological polar surface area (TPSA) is 82.0 Å². The third-order valence-corrected chi connectivity index (χ3v) is 2.09. The summed E-state index contributed by atoms with van der Waals surface area (Å²) >= 11 is 0. The Bertz CT molecular complexity index is 335. The summed E-state index contributed by atoms with van der Waals surface area (Å²) in [4.78, 5) is 37.1. The highest BCUT2D eigenvalue weighted by Crippen LogP contribution is 2.03. The van der Waals surface area contributed by atoms with Gasteiger partial charge in [-0.1, -0.05) is 0 Å². The summed E-state index contributed by atoms with van der Waals surface area (Å²) in [5.74, 6) is -2.34. The largest absolute Gasteiger partial charge is 0.469 e. The molecule has 6 heteroatoms. The lowest BCUT2D eigenvalue weighted by Crippen LogP contribution is -2.22. The van der Waals surface area contributed by atoms with E-state index < -0.39 is 30.2 Å². The first-order valence-corrected chi connectivity index (χ1v) is 5.23. The molecule has 0 aliphatic heterocycles. The maximum atomic E-state index is 11.3. The van der Waals surface area contributed by atoms with Gasteiger partial charge in [0.2, 0.25) is 0 Å². The van der Waals surface area contributed by atoms with Crippen LogP contribution >= 0.6 is 0 Å². The van der Waals surface area contributed by atoms with Crippen LogP contribution in [0, 0.1) is 5.92 Å². The van der Waals surface area contributed by atoms with Gasteiger partial charge < -0.3 is 9.47 Å². The Hall–Kier alpha value is -1.72. The standard InChI is InChI=1S/C11H17NO5/c1-5-17-11(15)7(2)8(3)12-9(13)6-10(14)16-4/h7H,5-6H2,1-4H3. The predicted molar refractivity (Wildman–Crippen MR) is 60.5 cm³/mol. The minimum Gasteiger partial charge on any atom is -0.469 e. The van der Waals surface area contributed by atoms with Crippen molar-refractivity contribution in [3.05, 3.63) is 0 Å². The first kappa shape index (κ1) is 15.3. The van der Waals surface area contributed by atoms with Gasteiger partial charge in [-0.2, -0.15) is 0 Å². The Balaban J connectivity index is 4.47. The minimum atomic E-state index is -0.657. The number of hydrogen-bond donors (Lipinski definition) is 0. The second-order valence-electron chi connectivity index (χ2n) is 3.37. The van der Waals surface area contributed by atoms with Gasteiger partial charge >= 0.3 is 11.9 Å². The molecule has 0 heterocycles. The van der Waals surface area contributed by atoms with Gasteiger partial charge in [-0.05, 0) is 20.8 Å². The van der Waals surface area contributed by atoms with Crippen molar-refractivity contribution in [1.82, 2.24) is 0 Å². The van der Waals surface area contributed by atoms with Crippen LogP contribution in [-0.4, -0.2) is 37.3 Å². The van der Waals surface area contributed by atoms with E-state index in [1.165, 1.54) is 14.0 Å². The van der Waals surface area contributed by atoms with Gasteiger partial charge in [0.15, 0.2) is 0 Å². The summed E-state index contributed by atoms with van der Waals surface area (Å²) in [6.45, 7) is 5.09. The Morgan fingerprint density at radius 3 is 2.35 bits per heavy atom. The molecule has 0 aliphatic carbocycles. The monoisotopic (exact) mass is 243 g/mol. The molecule has 0 radical (unpaired) electrons. The predicted octanol–water partition coefficient (Wildman–Crippen LogP) is 0.736. The number of aliphatic imine (C=N–C) groups is 1. The van der Waals surface area contributed by atoms with Crippen LogP contribution in [0.1, 0.15) is 27.2 Å². The Labute approximate surface area is 100.0 Å². The summed E-state index contributed by atoms with van der Waals surface area (Å²) in [6, 6.07) is 0. The molecule has 6 nitrogen and oxygen atoms in total. The molecular formula is C11H17NO5. The average molecular weight is 243 g/mol. The summed E-state index contributed by atoms with van der Waals surface area (Å²) in [5.41, 5.74) is 0.317. The van der Waals surface area contributed by atoms with Gasteiger partial charge in [0, 0.05) is 5.71 Å². The molecule has 0 spiro atoms. The lowest BCUT2D eigenvalue weighted by atomic mass is 10.1. The van der Waals surface area contributed by atoms with Crippen LogP contribution in [0.25, 0.3) is 0 Å². The Morgan fingerprint density at radius 1 is 1.29 bits per heavy atom. The minimum absolute atomic E-state index is 0.270. The molecule has 0 aromatic rings. The smallest absolute Gasteiger partial charge is 0.315 e. The van der Waals surface area contributed by atoms with E-state index in [1.54, 1.807) is 13.8 Å². The fourth-order valence-corrected chi connectivity index (χ4v) is 0.967. The van der Waals surface area contributed by atoms with Crippen molar-refractivity contribution in [2.75, 3.05) is 13.7 Å². The lowest BCUT2D eigenvalue weighted by Gasteiger charge is -2.09. The highest BCUT2D eigenvalue weighted by Gasteiger charge is 2.18. The number of rotatable bonds is 5. The highest BCUT2D eigenvalue weighted by atomic mass is 16.5. The number of esters is 2. The van der Waals surface area contributed by atoms with E-state index in [9.17, 15) is 14.4 Å². The van der Waals surface area contributed by atoms with E-state index in [1.807, 2.05) is 0 Å². The first-order valence-electron chi connectivity index (χ1n) is 5.23. The van der Waals surface area contributed by atoms with Crippen molar-refractivity contribution >= 4 is 23.6 Å². The zero-order valence-electron chi connectivity index (χ0n) is 10.5. The zero-order chi connectivity index (χ0) is 13.4. The molecule has 0 N–H and O–H groups in total. The van der Waals surface area contributed by atoms with Crippen molar-refractivity contribution in [3.63, 3.8) is 0 Å². The summed E-state index contributed by atoms with van der Waals surface area (Å²) < 4.78 is 9.11. The van der Waals surface area contributed by atoms with E-state index >= 15 is 0 Å². The van der Waals surface area contributed by atoms with E-state index in [0.717, 1.165) is 0 Å². The lowest BCUT2D eigenvalue weighted by molar-refractivity contribution is -0.145. The third-order valence-electron chi connectivity index (χ3n) is 2.09. The van der Waals surface area contributed by atoms with Crippen molar-refractivity contribution < 1.29 is 23.9 Å². The van der Waals surface area contributed by atoms with Gasteiger partial charge in [-0.25, -0.2) is 4.99 Å². The highest BCUT2D eigenvalue weighted by molar-refractivity contribution is 6.07. The molecule has 17 heavy (non-hydrogen) atoms. The van der Waals surface area contributed by atoms with E-state index in [4.69, 9.17) is 4.74 Å². The first-order chi connectivity index (χ1) is 7.92. The Morgan fingerprint density at radius 2 is 1.88 bits per heavy atom. The van der Waals surface area contributed by atoms with Crippen LogP contribution in [0.15, 0.2) is 4.99 Å².